The highest BCUT2D eigenvalue weighted by Crippen LogP contribution is 2.34. The molecule has 1 aliphatic rings. The lowest BCUT2D eigenvalue weighted by atomic mass is 9.91. The van der Waals surface area contributed by atoms with Gasteiger partial charge in [-0.05, 0) is 47.1 Å². The number of piperidine rings is 1. The average Bonchev–Trinajstić information content (AvgIpc) is 3.24. The van der Waals surface area contributed by atoms with Crippen LogP contribution in [0.1, 0.15) is 49.7 Å². The molecule has 3 aromatic rings. The fourth-order valence-corrected chi connectivity index (χ4v) is 4.04. The van der Waals surface area contributed by atoms with E-state index in [1.54, 1.807) is 0 Å². The van der Waals surface area contributed by atoms with Gasteiger partial charge in [0.25, 0.3) is 0 Å². The predicted octanol–water partition coefficient (Wildman–Crippen LogP) is 3.13. The van der Waals surface area contributed by atoms with Crippen LogP contribution in [-0.2, 0) is 9.53 Å². The molecule has 1 atom stereocenters. The molecule has 8 nitrogen and oxygen atoms in total. The van der Waals surface area contributed by atoms with Gasteiger partial charge in [0, 0.05) is 30.8 Å². The van der Waals surface area contributed by atoms with Crippen molar-refractivity contribution in [1.82, 2.24) is 24.7 Å². The van der Waals surface area contributed by atoms with Crippen LogP contribution in [0.3, 0.4) is 0 Å². The molecule has 0 spiro atoms. The number of esters is 1. The lowest BCUT2D eigenvalue weighted by Gasteiger charge is -2.33. The molecule has 1 saturated heterocycles. The Bertz CT molecular complexity index is 1020. The number of fused-ring (bicyclic) bond motifs is 1. The monoisotopic (exact) mass is 397 g/mol. The standard InChI is InChI=1S/C21H27N5O3/c1-13(2)28-20(27)12-25-7-5-6-16(11-25)21-17(18-8-15(4)24-29-18)10-22-19-9-14(3)23-26(19)21/h8-10,13,16H,5-7,11-12H2,1-4H3. The van der Waals surface area contributed by atoms with E-state index in [0.717, 1.165) is 54.2 Å². The number of hydrogen-bond acceptors (Lipinski definition) is 7. The highest BCUT2D eigenvalue weighted by atomic mass is 16.5. The maximum Gasteiger partial charge on any atom is 0.320 e. The van der Waals surface area contributed by atoms with Gasteiger partial charge in [0.2, 0.25) is 0 Å². The van der Waals surface area contributed by atoms with Crippen molar-refractivity contribution in [3.63, 3.8) is 0 Å². The van der Waals surface area contributed by atoms with Crippen molar-refractivity contribution in [3.8, 4) is 11.3 Å². The van der Waals surface area contributed by atoms with E-state index >= 15 is 0 Å². The maximum atomic E-state index is 12.2. The van der Waals surface area contributed by atoms with E-state index in [0.29, 0.717) is 12.3 Å². The quantitative estimate of drug-likeness (QED) is 0.611. The molecule has 0 aromatic carbocycles. The van der Waals surface area contributed by atoms with Gasteiger partial charge in [0.1, 0.15) is 0 Å². The van der Waals surface area contributed by atoms with Crippen molar-refractivity contribution in [2.24, 2.45) is 0 Å². The Morgan fingerprint density at radius 1 is 1.31 bits per heavy atom. The summed E-state index contributed by atoms with van der Waals surface area (Å²) in [6, 6.07) is 3.89. The molecule has 0 amide bonds. The fraction of sp³-hybridized carbons (Fsp3) is 0.524. The molecule has 1 aliphatic heterocycles. The molecule has 1 fully saturated rings. The number of hydrogen-bond donors (Lipinski definition) is 0. The largest absolute Gasteiger partial charge is 0.462 e. The second-order valence-corrected chi connectivity index (χ2v) is 8.06. The van der Waals surface area contributed by atoms with Crippen LogP contribution in [0.25, 0.3) is 17.0 Å². The van der Waals surface area contributed by atoms with Gasteiger partial charge < -0.3 is 9.26 Å². The number of carbonyl (C=O) groups is 1. The normalized spacial score (nSPS) is 17.9. The first-order chi connectivity index (χ1) is 13.9. The zero-order valence-electron chi connectivity index (χ0n) is 17.4. The number of rotatable bonds is 5. The molecule has 4 heterocycles. The first-order valence-electron chi connectivity index (χ1n) is 10.1. The molecule has 0 radical (unpaired) electrons. The Kier molecular flexibility index (Phi) is 5.36. The van der Waals surface area contributed by atoms with Gasteiger partial charge in [-0.1, -0.05) is 5.16 Å². The molecule has 3 aromatic heterocycles. The van der Waals surface area contributed by atoms with Gasteiger partial charge >= 0.3 is 5.97 Å². The van der Waals surface area contributed by atoms with Crippen LogP contribution < -0.4 is 0 Å². The van der Waals surface area contributed by atoms with Crippen molar-refractivity contribution in [1.29, 1.82) is 0 Å². The summed E-state index contributed by atoms with van der Waals surface area (Å²) in [7, 11) is 0. The van der Waals surface area contributed by atoms with Crippen molar-refractivity contribution >= 4 is 11.6 Å². The molecule has 0 N–H and O–H groups in total. The Labute approximate surface area is 169 Å². The summed E-state index contributed by atoms with van der Waals surface area (Å²) in [5.41, 5.74) is 4.51. The second-order valence-electron chi connectivity index (χ2n) is 8.06. The lowest BCUT2D eigenvalue weighted by molar-refractivity contribution is -0.149. The van der Waals surface area contributed by atoms with Gasteiger partial charge in [-0.25, -0.2) is 9.50 Å². The highest BCUT2D eigenvalue weighted by Gasteiger charge is 2.29. The zero-order valence-corrected chi connectivity index (χ0v) is 17.4. The van der Waals surface area contributed by atoms with Gasteiger partial charge in [0.15, 0.2) is 11.4 Å². The smallest absolute Gasteiger partial charge is 0.320 e. The van der Waals surface area contributed by atoms with Crippen molar-refractivity contribution < 1.29 is 14.1 Å². The molecule has 0 saturated carbocycles. The van der Waals surface area contributed by atoms with E-state index in [1.807, 2.05) is 50.5 Å². The molecule has 1 unspecified atom stereocenters. The zero-order chi connectivity index (χ0) is 20.5. The minimum atomic E-state index is -0.179. The average molecular weight is 397 g/mol. The summed E-state index contributed by atoms with van der Waals surface area (Å²) in [5.74, 6) is 0.707. The van der Waals surface area contributed by atoms with Crippen LogP contribution in [0.4, 0.5) is 0 Å². The summed E-state index contributed by atoms with van der Waals surface area (Å²) >= 11 is 0. The van der Waals surface area contributed by atoms with E-state index < -0.39 is 0 Å². The molecule has 4 rings (SSSR count). The number of ether oxygens (including phenoxy) is 1. The van der Waals surface area contributed by atoms with E-state index in [-0.39, 0.29) is 18.0 Å². The third kappa shape index (κ3) is 4.17. The summed E-state index contributed by atoms with van der Waals surface area (Å²) in [6.45, 7) is 9.55. The predicted molar refractivity (Wildman–Crippen MR) is 108 cm³/mol. The first kappa shape index (κ1) is 19.6. The Morgan fingerprint density at radius 3 is 2.86 bits per heavy atom. The topological polar surface area (TPSA) is 85.8 Å². The molecule has 29 heavy (non-hydrogen) atoms. The Hall–Kier alpha value is -2.74. The molecule has 0 bridgehead atoms. The van der Waals surface area contributed by atoms with Crippen LogP contribution in [0.2, 0.25) is 0 Å². The first-order valence-corrected chi connectivity index (χ1v) is 10.1. The van der Waals surface area contributed by atoms with Crippen LogP contribution in [0.15, 0.2) is 22.9 Å². The summed E-state index contributed by atoms with van der Waals surface area (Å²) in [6.07, 6.45) is 3.75. The molecule has 8 heteroatoms. The number of nitrogens with zero attached hydrogens (tertiary/aromatic N) is 5. The van der Waals surface area contributed by atoms with Gasteiger partial charge in [0.05, 0.1) is 35.3 Å². The molecule has 154 valence electrons. The summed E-state index contributed by atoms with van der Waals surface area (Å²) in [4.78, 5) is 18.9. The molecular weight excluding hydrogens is 370 g/mol. The number of carbonyl (C=O) groups excluding carboxylic acids is 1. The van der Waals surface area contributed by atoms with Crippen LogP contribution in [-0.4, -0.2) is 56.4 Å². The maximum absolute atomic E-state index is 12.2. The van der Waals surface area contributed by atoms with Crippen LogP contribution >= 0.6 is 0 Å². The van der Waals surface area contributed by atoms with Gasteiger partial charge in [-0.2, -0.15) is 5.10 Å². The van der Waals surface area contributed by atoms with Gasteiger partial charge in [-0.15, -0.1) is 0 Å². The van der Waals surface area contributed by atoms with E-state index in [2.05, 4.69) is 20.1 Å². The van der Waals surface area contributed by atoms with E-state index in [1.165, 1.54) is 0 Å². The Balaban J connectivity index is 1.69. The van der Waals surface area contributed by atoms with E-state index in [4.69, 9.17) is 9.26 Å². The minimum Gasteiger partial charge on any atom is -0.462 e. The highest BCUT2D eigenvalue weighted by molar-refractivity contribution is 5.72. The number of aromatic nitrogens is 4. The lowest BCUT2D eigenvalue weighted by Crippen LogP contribution is -2.39. The number of likely N-dealkylation sites (tertiary alicyclic amines) is 1. The van der Waals surface area contributed by atoms with Crippen molar-refractivity contribution in [2.45, 2.75) is 52.6 Å². The van der Waals surface area contributed by atoms with Crippen LogP contribution in [0.5, 0.6) is 0 Å². The SMILES string of the molecule is Cc1cc(-c2cnc3cc(C)nn3c2C2CCCN(CC(=O)OC(C)C)C2)on1. The van der Waals surface area contributed by atoms with Crippen molar-refractivity contribution in [2.75, 3.05) is 19.6 Å². The fourth-order valence-electron chi connectivity index (χ4n) is 4.04. The summed E-state index contributed by atoms with van der Waals surface area (Å²) in [5, 5.41) is 8.73. The summed E-state index contributed by atoms with van der Waals surface area (Å²) < 4.78 is 12.8. The van der Waals surface area contributed by atoms with Gasteiger partial charge in [-0.3, -0.25) is 9.69 Å². The minimum absolute atomic E-state index is 0.101. The number of aryl methyl sites for hydroxylation is 2. The third-order valence-electron chi connectivity index (χ3n) is 5.15. The Morgan fingerprint density at radius 2 is 2.14 bits per heavy atom. The third-order valence-corrected chi connectivity index (χ3v) is 5.15. The van der Waals surface area contributed by atoms with Crippen LogP contribution in [0, 0.1) is 13.8 Å². The van der Waals surface area contributed by atoms with Crippen molar-refractivity contribution in [3.05, 3.63) is 35.4 Å². The molecular formula is C21H27N5O3. The second kappa shape index (κ2) is 7.94. The molecule has 0 aliphatic carbocycles. The van der Waals surface area contributed by atoms with E-state index in [9.17, 15) is 4.79 Å².